The van der Waals surface area contributed by atoms with Crippen LogP contribution in [0.3, 0.4) is 0 Å². The normalized spacial score (nSPS) is 30.8. The van der Waals surface area contributed by atoms with Gasteiger partial charge in [0.15, 0.2) is 0 Å². The number of benzene rings is 1. The third kappa shape index (κ3) is 4.14. The number of β-amino-alcohol motifs (C(OH)–C–C–N with tert-alkyl or cyclic N) is 1. The highest BCUT2D eigenvalue weighted by atomic mass is 79.9. The van der Waals surface area contributed by atoms with Crippen LogP contribution in [0.15, 0.2) is 49.6 Å². The number of likely N-dealkylation sites (tertiary alicyclic amines) is 1. The first-order valence-corrected chi connectivity index (χ1v) is 13.7. The van der Waals surface area contributed by atoms with E-state index in [1.165, 1.54) is 4.90 Å². The number of halogens is 2. The number of anilines is 1. The predicted octanol–water partition coefficient (Wildman–Crippen LogP) is 2.96. The van der Waals surface area contributed by atoms with Crippen LogP contribution in [0.2, 0.25) is 5.02 Å². The lowest BCUT2D eigenvalue weighted by Gasteiger charge is -2.38. The Bertz CT molecular complexity index is 1060. The first kappa shape index (κ1) is 26.3. The topological polar surface area (TPSA) is 81.2 Å². The molecule has 3 amide bonds. The number of alkyl halides is 1. The molecule has 6 atom stereocenters. The summed E-state index contributed by atoms with van der Waals surface area (Å²) in [5.74, 6) is -1.89. The maximum atomic E-state index is 14.3. The second-order valence-electron chi connectivity index (χ2n) is 9.12. The van der Waals surface area contributed by atoms with Crippen molar-refractivity contribution in [3.8, 4) is 0 Å². The van der Waals surface area contributed by atoms with Crippen LogP contribution >= 0.6 is 39.3 Å². The van der Waals surface area contributed by atoms with E-state index in [1.54, 1.807) is 65.0 Å². The molecule has 2 bridgehead atoms. The van der Waals surface area contributed by atoms with Crippen LogP contribution in [-0.4, -0.2) is 86.8 Å². The van der Waals surface area contributed by atoms with E-state index in [0.717, 1.165) is 0 Å². The Balaban J connectivity index is 1.80. The number of hydrogen-bond acceptors (Lipinski definition) is 5. The molecule has 3 aliphatic heterocycles. The third-order valence-electron chi connectivity index (χ3n) is 7.15. The van der Waals surface area contributed by atoms with Crippen molar-refractivity contribution in [2.75, 3.05) is 38.2 Å². The van der Waals surface area contributed by atoms with E-state index in [4.69, 9.17) is 11.6 Å². The number of rotatable bonds is 9. The quantitative estimate of drug-likeness (QED) is 0.358. The Morgan fingerprint density at radius 3 is 2.60 bits per heavy atom. The van der Waals surface area contributed by atoms with E-state index in [1.807, 2.05) is 0 Å². The van der Waals surface area contributed by atoms with Crippen molar-refractivity contribution in [2.45, 2.75) is 27.3 Å². The SMILES string of the molecule is C=CCN(C)C(=O)[C@H]1[C@H]2C(=O)N(CCO)C(C(=O)N(CC=C)c3ccccc3Cl)C23CC(Br)[C@@H]1S3. The first-order chi connectivity index (χ1) is 16.7. The van der Waals surface area contributed by atoms with E-state index in [2.05, 4.69) is 29.1 Å². The highest BCUT2D eigenvalue weighted by Crippen LogP contribution is 2.68. The fraction of sp³-hybridized carbons (Fsp3) is 0.480. The summed E-state index contributed by atoms with van der Waals surface area (Å²) in [7, 11) is 1.70. The molecule has 1 aromatic rings. The Kier molecular flexibility index (Phi) is 7.71. The summed E-state index contributed by atoms with van der Waals surface area (Å²) < 4.78 is -0.793. The number of para-hydroxylation sites is 1. The Hall–Kier alpha value is -1.81. The molecule has 1 N–H and O–H groups in total. The van der Waals surface area contributed by atoms with Crippen molar-refractivity contribution in [1.29, 1.82) is 0 Å². The van der Waals surface area contributed by atoms with Crippen LogP contribution in [0.25, 0.3) is 0 Å². The van der Waals surface area contributed by atoms with Gasteiger partial charge in [0.2, 0.25) is 11.8 Å². The van der Waals surface area contributed by atoms with Crippen LogP contribution in [0.1, 0.15) is 6.42 Å². The van der Waals surface area contributed by atoms with Gasteiger partial charge < -0.3 is 19.8 Å². The largest absolute Gasteiger partial charge is 0.395 e. The lowest BCUT2D eigenvalue weighted by atomic mass is 9.70. The molecule has 3 saturated heterocycles. The van der Waals surface area contributed by atoms with Gasteiger partial charge in [-0.25, -0.2) is 0 Å². The molecule has 3 heterocycles. The summed E-state index contributed by atoms with van der Waals surface area (Å²) in [6, 6.07) is 6.21. The van der Waals surface area contributed by atoms with Crippen LogP contribution in [-0.2, 0) is 14.4 Å². The van der Waals surface area contributed by atoms with Crippen LogP contribution in [0.4, 0.5) is 5.69 Å². The number of fused-ring (bicyclic) bond motifs is 1. The van der Waals surface area contributed by atoms with Gasteiger partial charge in [-0.1, -0.05) is 51.8 Å². The summed E-state index contributed by atoms with van der Waals surface area (Å²) in [6.07, 6.45) is 3.83. The van der Waals surface area contributed by atoms with Gasteiger partial charge in [-0.05, 0) is 18.6 Å². The average Bonchev–Trinajstić information content (AvgIpc) is 3.41. The fourth-order valence-corrected chi connectivity index (χ4v) is 9.67. The minimum atomic E-state index is -0.846. The van der Waals surface area contributed by atoms with E-state index in [0.29, 0.717) is 23.7 Å². The van der Waals surface area contributed by atoms with Gasteiger partial charge in [0.1, 0.15) is 6.04 Å². The van der Waals surface area contributed by atoms with E-state index in [9.17, 15) is 19.5 Å². The van der Waals surface area contributed by atoms with Gasteiger partial charge in [0.25, 0.3) is 5.91 Å². The van der Waals surface area contributed by atoms with Crippen molar-refractivity contribution in [2.24, 2.45) is 11.8 Å². The molecule has 0 saturated carbocycles. The maximum Gasteiger partial charge on any atom is 0.251 e. The van der Waals surface area contributed by atoms with E-state index in [-0.39, 0.29) is 47.5 Å². The van der Waals surface area contributed by atoms with Crippen LogP contribution in [0, 0.1) is 11.8 Å². The molecule has 0 aromatic heterocycles. The van der Waals surface area contributed by atoms with Crippen molar-refractivity contribution in [1.82, 2.24) is 9.80 Å². The number of hydrogen-bond donors (Lipinski definition) is 1. The second-order valence-corrected chi connectivity index (χ2v) is 12.2. The highest BCUT2D eigenvalue weighted by Gasteiger charge is 2.76. The number of thioether (sulfide) groups is 1. The molecule has 1 aromatic carbocycles. The molecule has 0 radical (unpaired) electrons. The lowest BCUT2D eigenvalue weighted by molar-refractivity contribution is -0.143. The summed E-state index contributed by atoms with van der Waals surface area (Å²) in [5.41, 5.74) is 0.529. The number of amides is 3. The summed E-state index contributed by atoms with van der Waals surface area (Å²) in [5, 5.41) is 10.1. The monoisotopic (exact) mass is 581 g/mol. The zero-order chi connectivity index (χ0) is 25.5. The summed E-state index contributed by atoms with van der Waals surface area (Å²) in [6.45, 7) is 7.82. The number of likely N-dealkylation sites (N-methyl/N-ethyl adjacent to an activating group) is 1. The zero-order valence-corrected chi connectivity index (χ0v) is 22.6. The van der Waals surface area contributed by atoms with E-state index < -0.39 is 22.6 Å². The van der Waals surface area contributed by atoms with Gasteiger partial charge in [0.05, 0.1) is 33.9 Å². The Labute approximate surface area is 223 Å². The third-order valence-corrected chi connectivity index (χ3v) is 10.7. The van der Waals surface area contributed by atoms with Crippen molar-refractivity contribution < 1.29 is 19.5 Å². The van der Waals surface area contributed by atoms with Gasteiger partial charge in [0, 0.05) is 36.8 Å². The van der Waals surface area contributed by atoms with E-state index >= 15 is 0 Å². The maximum absolute atomic E-state index is 14.3. The molecule has 4 rings (SSSR count). The van der Waals surface area contributed by atoms with Crippen molar-refractivity contribution in [3.63, 3.8) is 0 Å². The number of nitrogens with zero attached hydrogens (tertiary/aromatic N) is 3. The molecule has 1 spiro atoms. The minimum absolute atomic E-state index is 0.0134. The van der Waals surface area contributed by atoms with Gasteiger partial charge in [-0.15, -0.1) is 24.9 Å². The average molecular weight is 583 g/mol. The van der Waals surface area contributed by atoms with Gasteiger partial charge in [-0.3, -0.25) is 14.4 Å². The fourth-order valence-electron chi connectivity index (χ4n) is 5.83. The highest BCUT2D eigenvalue weighted by molar-refractivity contribution is 9.09. The van der Waals surface area contributed by atoms with Gasteiger partial charge >= 0.3 is 0 Å². The molecule has 7 nitrogen and oxygen atoms in total. The molecule has 10 heteroatoms. The first-order valence-electron chi connectivity index (χ1n) is 11.5. The van der Waals surface area contributed by atoms with Crippen LogP contribution in [0.5, 0.6) is 0 Å². The molecule has 3 fully saturated rings. The standard InChI is InChI=1S/C25H29BrClN3O4S/c1-4-10-28(3)22(32)18-19-23(33)30(12-13-31)21(25(19)14-15(26)20(18)35-25)24(34)29(11-5-2)17-9-7-6-8-16(17)27/h4-9,15,18-21,31H,1-2,10-14H2,3H3/t15?,18-,19-,20-,21?,25?/m0/s1. The predicted molar refractivity (Wildman–Crippen MR) is 143 cm³/mol. The Morgan fingerprint density at radius 1 is 1.29 bits per heavy atom. The molecular formula is C25H29BrClN3O4S. The molecule has 0 aliphatic carbocycles. The second kappa shape index (κ2) is 10.3. The van der Waals surface area contributed by atoms with Crippen molar-refractivity contribution in [3.05, 3.63) is 54.6 Å². The number of aliphatic hydroxyl groups excluding tert-OH is 1. The molecular weight excluding hydrogens is 554 g/mol. The minimum Gasteiger partial charge on any atom is -0.395 e. The number of aliphatic hydroxyl groups is 1. The summed E-state index contributed by atoms with van der Waals surface area (Å²) in [4.78, 5) is 46.2. The zero-order valence-electron chi connectivity index (χ0n) is 19.5. The van der Waals surface area contributed by atoms with Crippen molar-refractivity contribution >= 4 is 62.7 Å². The number of carbonyl (C=O) groups excluding carboxylic acids is 3. The Morgan fingerprint density at radius 2 is 1.97 bits per heavy atom. The lowest BCUT2D eigenvalue weighted by Crippen LogP contribution is -2.56. The molecule has 188 valence electrons. The van der Waals surface area contributed by atoms with Gasteiger partial charge in [-0.2, -0.15) is 0 Å². The van der Waals surface area contributed by atoms with Crippen LogP contribution < -0.4 is 4.90 Å². The number of carbonyl (C=O) groups is 3. The molecule has 3 unspecified atom stereocenters. The smallest absolute Gasteiger partial charge is 0.251 e. The molecule has 3 aliphatic rings. The molecule has 35 heavy (non-hydrogen) atoms. The summed E-state index contributed by atoms with van der Waals surface area (Å²) >= 11 is 11.8.